The molecule has 1 aromatic heterocycles. The van der Waals surface area contributed by atoms with E-state index < -0.39 is 16.3 Å². The lowest BCUT2D eigenvalue weighted by atomic mass is 10.2. The molecule has 0 aliphatic carbocycles. The molecule has 3 aromatic rings. The second-order valence-electron chi connectivity index (χ2n) is 7.41. The number of nitrogens with zero attached hydrogens (tertiary/aromatic N) is 3. The van der Waals surface area contributed by atoms with Crippen molar-refractivity contribution in [3.05, 3.63) is 70.7 Å². The van der Waals surface area contributed by atoms with E-state index in [1.165, 1.54) is 11.3 Å². The summed E-state index contributed by atoms with van der Waals surface area (Å²) in [5.41, 5.74) is 1.68. The molecular weight excluding hydrogens is 460 g/mol. The minimum Gasteiger partial charge on any atom is -0.494 e. The molecule has 8 nitrogen and oxygen atoms in total. The number of para-hydroxylation sites is 1. The van der Waals surface area contributed by atoms with Crippen molar-refractivity contribution in [1.82, 2.24) is 9.71 Å². The Morgan fingerprint density at radius 3 is 2.52 bits per heavy atom. The Hall–Kier alpha value is -2.97. The lowest BCUT2D eigenvalue weighted by molar-refractivity contribution is 0.162. The van der Waals surface area contributed by atoms with Crippen molar-refractivity contribution in [1.29, 1.82) is 5.26 Å². The van der Waals surface area contributed by atoms with E-state index in [2.05, 4.69) is 15.8 Å². The number of aliphatic hydroxyl groups excluding tert-OH is 1. The third-order valence-corrected chi connectivity index (χ3v) is 6.39. The fourth-order valence-electron chi connectivity index (χ4n) is 3.15. The molecule has 0 amide bonds. The van der Waals surface area contributed by atoms with Crippen molar-refractivity contribution in [3.63, 3.8) is 0 Å². The van der Waals surface area contributed by atoms with Gasteiger partial charge in [0.15, 0.2) is 11.4 Å². The van der Waals surface area contributed by atoms with E-state index in [-0.39, 0.29) is 5.69 Å². The summed E-state index contributed by atoms with van der Waals surface area (Å²) < 4.78 is 30.9. The number of hydrogen-bond acceptors (Lipinski definition) is 8. The zero-order chi connectivity index (χ0) is 23.8. The predicted octanol–water partition coefficient (Wildman–Crippen LogP) is 3.86. The molecule has 3 rings (SSSR count). The van der Waals surface area contributed by atoms with Gasteiger partial charge in [-0.3, -0.25) is 0 Å². The first kappa shape index (κ1) is 24.7. The average molecular weight is 487 g/mol. The number of nitrogens with one attached hydrogen (secondary N) is 1. The molecular formula is C23H26N4O4S2. The molecule has 0 aliphatic heterocycles. The fraction of sp³-hybridized carbons (Fsp3) is 0.304. The number of unbranched alkanes of at least 4 members (excludes halogenated alkanes) is 1. The van der Waals surface area contributed by atoms with Crippen LogP contribution in [-0.4, -0.2) is 37.9 Å². The Labute approximate surface area is 198 Å². The van der Waals surface area contributed by atoms with Crippen molar-refractivity contribution >= 4 is 32.2 Å². The lowest BCUT2D eigenvalue weighted by Crippen LogP contribution is -2.28. The lowest BCUT2D eigenvalue weighted by Gasteiger charge is -2.22. The van der Waals surface area contributed by atoms with Crippen LogP contribution in [0.5, 0.6) is 5.75 Å². The summed E-state index contributed by atoms with van der Waals surface area (Å²) in [6.07, 6.45) is 1.19. The Balaban J connectivity index is 1.74. The molecule has 1 unspecified atom stereocenters. The van der Waals surface area contributed by atoms with E-state index in [1.807, 2.05) is 47.4 Å². The normalized spacial score (nSPS) is 12.2. The highest BCUT2D eigenvalue weighted by Crippen LogP contribution is 2.34. The molecule has 1 heterocycles. The first-order valence-electron chi connectivity index (χ1n) is 10.3. The minimum atomic E-state index is -3.60. The second kappa shape index (κ2) is 11.2. The molecule has 174 valence electrons. The molecule has 2 aromatic carbocycles. The van der Waals surface area contributed by atoms with Crippen molar-refractivity contribution in [2.45, 2.75) is 26.0 Å². The van der Waals surface area contributed by atoms with E-state index in [9.17, 15) is 13.5 Å². The Kier molecular flexibility index (Phi) is 8.41. The Morgan fingerprint density at radius 2 is 1.88 bits per heavy atom. The highest BCUT2D eigenvalue weighted by molar-refractivity contribution is 7.88. The van der Waals surface area contributed by atoms with Gasteiger partial charge in [0.05, 0.1) is 24.5 Å². The monoisotopic (exact) mass is 486 g/mol. The molecule has 0 fully saturated rings. The largest absolute Gasteiger partial charge is 0.494 e. The van der Waals surface area contributed by atoms with Crippen LogP contribution >= 0.6 is 11.3 Å². The number of benzene rings is 2. The van der Waals surface area contributed by atoms with Crippen LogP contribution in [-0.2, 0) is 10.0 Å². The number of ether oxygens (including phenoxy) is 1. The van der Waals surface area contributed by atoms with Crippen LogP contribution in [0.1, 0.15) is 35.2 Å². The van der Waals surface area contributed by atoms with Crippen LogP contribution < -0.4 is 14.4 Å². The van der Waals surface area contributed by atoms with Gasteiger partial charge in [-0.2, -0.15) is 9.98 Å². The first-order chi connectivity index (χ1) is 15.8. The summed E-state index contributed by atoms with van der Waals surface area (Å²) in [4.78, 5) is 7.24. The van der Waals surface area contributed by atoms with E-state index in [1.54, 1.807) is 19.1 Å². The standard InChI is InChI=1S/C23H26N4O4S2/c1-17-21(22(28)26-33(2,29)30)25-23(32-17)27(19-12-10-18(16-24)11-13-19)14-6-7-15-31-20-8-4-3-5-9-20/h3-5,8-13,22,26,28H,6-7,14-15H2,1-2H3. The fourth-order valence-corrected chi connectivity index (χ4v) is 4.66. The predicted molar refractivity (Wildman–Crippen MR) is 129 cm³/mol. The van der Waals surface area contributed by atoms with Crippen LogP contribution in [0.4, 0.5) is 10.8 Å². The van der Waals surface area contributed by atoms with Crippen molar-refractivity contribution in [2.75, 3.05) is 24.3 Å². The van der Waals surface area contributed by atoms with Gasteiger partial charge in [-0.1, -0.05) is 18.2 Å². The number of aromatic nitrogens is 1. The number of rotatable bonds is 11. The summed E-state index contributed by atoms with van der Waals surface area (Å²) in [5.74, 6) is 0.828. The Morgan fingerprint density at radius 1 is 1.18 bits per heavy atom. The highest BCUT2D eigenvalue weighted by atomic mass is 32.2. The number of sulfonamides is 1. The van der Waals surface area contributed by atoms with Gasteiger partial charge in [0.2, 0.25) is 10.0 Å². The smallest absolute Gasteiger partial charge is 0.211 e. The van der Waals surface area contributed by atoms with Crippen LogP contribution in [0, 0.1) is 18.3 Å². The summed E-state index contributed by atoms with van der Waals surface area (Å²) in [5, 5.41) is 20.0. The van der Waals surface area contributed by atoms with Crippen LogP contribution in [0.25, 0.3) is 0 Å². The average Bonchev–Trinajstić information content (AvgIpc) is 3.17. The zero-order valence-electron chi connectivity index (χ0n) is 18.4. The number of hydrogen-bond donors (Lipinski definition) is 2. The third-order valence-electron chi connectivity index (χ3n) is 4.73. The number of anilines is 2. The molecule has 33 heavy (non-hydrogen) atoms. The van der Waals surface area contributed by atoms with Gasteiger partial charge in [0.25, 0.3) is 0 Å². The topological polar surface area (TPSA) is 116 Å². The molecule has 0 saturated heterocycles. The summed E-state index contributed by atoms with van der Waals surface area (Å²) >= 11 is 1.37. The molecule has 0 radical (unpaired) electrons. The molecule has 10 heteroatoms. The second-order valence-corrected chi connectivity index (χ2v) is 10.4. The van der Waals surface area contributed by atoms with E-state index in [4.69, 9.17) is 10.00 Å². The third kappa shape index (κ3) is 7.27. The number of aryl methyl sites for hydroxylation is 1. The summed E-state index contributed by atoms with van der Waals surface area (Å²) in [6.45, 7) is 2.99. The summed E-state index contributed by atoms with van der Waals surface area (Å²) in [6, 6.07) is 18.9. The van der Waals surface area contributed by atoms with E-state index in [0.717, 1.165) is 30.5 Å². The highest BCUT2D eigenvalue weighted by Gasteiger charge is 2.22. The van der Waals surface area contributed by atoms with Crippen molar-refractivity contribution in [2.24, 2.45) is 0 Å². The quantitative estimate of drug-likeness (QED) is 0.312. The Bertz CT molecular complexity index is 1190. The summed E-state index contributed by atoms with van der Waals surface area (Å²) in [7, 11) is -3.60. The van der Waals surface area contributed by atoms with Gasteiger partial charge in [0.1, 0.15) is 11.4 Å². The minimum absolute atomic E-state index is 0.270. The van der Waals surface area contributed by atoms with Gasteiger partial charge >= 0.3 is 0 Å². The maximum absolute atomic E-state index is 11.5. The van der Waals surface area contributed by atoms with Gasteiger partial charge in [0, 0.05) is 17.1 Å². The molecule has 2 N–H and O–H groups in total. The van der Waals surface area contributed by atoms with Gasteiger partial charge in [-0.05, 0) is 56.2 Å². The van der Waals surface area contributed by atoms with Crippen molar-refractivity contribution < 1.29 is 18.3 Å². The van der Waals surface area contributed by atoms with Gasteiger partial charge < -0.3 is 14.7 Å². The molecule has 0 spiro atoms. The van der Waals surface area contributed by atoms with E-state index >= 15 is 0 Å². The van der Waals surface area contributed by atoms with Crippen LogP contribution in [0.2, 0.25) is 0 Å². The molecule has 0 bridgehead atoms. The zero-order valence-corrected chi connectivity index (χ0v) is 20.1. The molecule has 0 aliphatic rings. The van der Waals surface area contributed by atoms with Gasteiger partial charge in [-0.15, -0.1) is 11.3 Å². The number of nitriles is 1. The number of thiazole rings is 1. The SMILES string of the molecule is Cc1sc(N(CCCCOc2ccccc2)c2ccc(C#N)cc2)nc1C(O)NS(C)(=O)=O. The molecule has 0 saturated carbocycles. The first-order valence-corrected chi connectivity index (χ1v) is 13.1. The van der Waals surface area contributed by atoms with Crippen LogP contribution in [0.3, 0.4) is 0 Å². The maximum atomic E-state index is 11.5. The van der Waals surface area contributed by atoms with Gasteiger partial charge in [-0.25, -0.2) is 13.4 Å². The number of aliphatic hydroxyl groups is 1. The van der Waals surface area contributed by atoms with Crippen molar-refractivity contribution in [3.8, 4) is 11.8 Å². The molecule has 1 atom stereocenters. The van der Waals surface area contributed by atoms with Crippen LogP contribution in [0.15, 0.2) is 54.6 Å². The van der Waals surface area contributed by atoms with E-state index in [0.29, 0.717) is 28.7 Å². The maximum Gasteiger partial charge on any atom is 0.211 e.